The quantitative estimate of drug-likeness (QED) is 0.752. The number of hydrogen-bond donors (Lipinski definition) is 1. The minimum absolute atomic E-state index is 0.323. The van der Waals surface area contributed by atoms with Crippen molar-refractivity contribution in [1.82, 2.24) is 0 Å². The van der Waals surface area contributed by atoms with E-state index in [0.717, 1.165) is 12.8 Å². The molecule has 14 heavy (non-hydrogen) atoms. The van der Waals surface area contributed by atoms with E-state index < -0.39 is 0 Å². The Morgan fingerprint density at radius 3 is 2.79 bits per heavy atom. The number of thioether (sulfide) groups is 2. The lowest BCUT2D eigenvalue weighted by molar-refractivity contribution is 0.589. The van der Waals surface area contributed by atoms with Crippen LogP contribution in [0.4, 0.5) is 0 Å². The van der Waals surface area contributed by atoms with Crippen molar-refractivity contribution in [2.75, 3.05) is 11.5 Å². The van der Waals surface area contributed by atoms with Crippen molar-refractivity contribution in [3.8, 4) is 11.8 Å². The highest BCUT2D eigenvalue weighted by molar-refractivity contribution is 8.07. The monoisotopic (exact) mass is 229 g/mol. The number of rotatable bonds is 3. The molecule has 0 aromatic carbocycles. The molecule has 0 spiro atoms. The summed E-state index contributed by atoms with van der Waals surface area (Å²) in [6.07, 6.45) is 2.00. The molecule has 80 valence electrons. The van der Waals surface area contributed by atoms with E-state index in [-0.39, 0.29) is 0 Å². The van der Waals surface area contributed by atoms with Crippen LogP contribution in [-0.2, 0) is 0 Å². The molecule has 0 bridgehead atoms. The summed E-state index contributed by atoms with van der Waals surface area (Å²) in [6.45, 7) is 4.19. The smallest absolute Gasteiger partial charge is 0.0315 e. The molecule has 2 N–H and O–H groups in total. The fourth-order valence-electron chi connectivity index (χ4n) is 1.65. The maximum Gasteiger partial charge on any atom is 0.0315 e. The molecule has 0 radical (unpaired) electrons. The Kier molecular flexibility index (Phi) is 5.84. The lowest BCUT2D eigenvalue weighted by atomic mass is 10.1. The van der Waals surface area contributed by atoms with E-state index >= 15 is 0 Å². The van der Waals surface area contributed by atoms with Gasteiger partial charge in [-0.05, 0) is 13.3 Å². The van der Waals surface area contributed by atoms with E-state index in [2.05, 4.69) is 30.5 Å². The topological polar surface area (TPSA) is 26.0 Å². The molecule has 3 atom stereocenters. The maximum atomic E-state index is 6.18. The van der Waals surface area contributed by atoms with Gasteiger partial charge < -0.3 is 5.73 Å². The van der Waals surface area contributed by atoms with Gasteiger partial charge in [0.25, 0.3) is 0 Å². The lowest BCUT2D eigenvalue weighted by Crippen LogP contribution is -2.40. The van der Waals surface area contributed by atoms with E-state index in [1.54, 1.807) is 0 Å². The Bertz CT molecular complexity index is 219. The van der Waals surface area contributed by atoms with E-state index in [1.807, 2.05) is 18.7 Å². The zero-order valence-electron chi connectivity index (χ0n) is 8.95. The second-order valence-corrected chi connectivity index (χ2v) is 6.31. The number of nitrogens with two attached hydrogens (primary N) is 1. The van der Waals surface area contributed by atoms with Crippen LogP contribution in [-0.4, -0.2) is 28.0 Å². The van der Waals surface area contributed by atoms with E-state index in [4.69, 9.17) is 5.73 Å². The average Bonchev–Trinajstić information content (AvgIpc) is 2.18. The van der Waals surface area contributed by atoms with Crippen molar-refractivity contribution in [3.63, 3.8) is 0 Å². The van der Waals surface area contributed by atoms with Crippen molar-refractivity contribution in [2.45, 2.75) is 43.2 Å². The fourth-order valence-corrected chi connectivity index (χ4v) is 4.58. The Balaban J connectivity index is 2.32. The van der Waals surface area contributed by atoms with Gasteiger partial charge in [-0.2, -0.15) is 23.5 Å². The Morgan fingerprint density at radius 2 is 2.14 bits per heavy atom. The second kappa shape index (κ2) is 6.66. The normalized spacial score (nSPS) is 29.1. The van der Waals surface area contributed by atoms with Crippen LogP contribution in [0.1, 0.15) is 26.7 Å². The van der Waals surface area contributed by atoms with Gasteiger partial charge in [-0.15, -0.1) is 11.8 Å². The van der Waals surface area contributed by atoms with Crippen LogP contribution < -0.4 is 5.73 Å². The first-order chi connectivity index (χ1) is 6.75. The highest BCUT2D eigenvalue weighted by atomic mass is 32.2. The average molecular weight is 229 g/mol. The van der Waals surface area contributed by atoms with Gasteiger partial charge in [0, 0.05) is 34.5 Å². The molecule has 1 nitrogen and oxygen atoms in total. The van der Waals surface area contributed by atoms with Gasteiger partial charge in [0.15, 0.2) is 0 Å². The summed E-state index contributed by atoms with van der Waals surface area (Å²) in [7, 11) is 0. The van der Waals surface area contributed by atoms with Crippen LogP contribution in [0.5, 0.6) is 0 Å². The van der Waals surface area contributed by atoms with Crippen molar-refractivity contribution < 1.29 is 0 Å². The van der Waals surface area contributed by atoms with Crippen LogP contribution in [0.25, 0.3) is 0 Å². The summed E-state index contributed by atoms with van der Waals surface area (Å²) in [5, 5.41) is 1.34. The third-order valence-corrected chi connectivity index (χ3v) is 5.71. The maximum absolute atomic E-state index is 6.18. The zero-order valence-corrected chi connectivity index (χ0v) is 10.6. The molecule has 0 aromatic rings. The molecule has 1 heterocycles. The summed E-state index contributed by atoms with van der Waals surface area (Å²) in [6, 6.07) is 0.323. The third kappa shape index (κ3) is 3.76. The van der Waals surface area contributed by atoms with Gasteiger partial charge in [0.1, 0.15) is 0 Å². The van der Waals surface area contributed by atoms with E-state index in [0.29, 0.717) is 16.5 Å². The number of hydrogen-bond acceptors (Lipinski definition) is 3. The zero-order chi connectivity index (χ0) is 10.4. The Labute approximate surface area is 96.0 Å². The highest BCUT2D eigenvalue weighted by Crippen LogP contribution is 2.33. The van der Waals surface area contributed by atoms with Gasteiger partial charge in [0.05, 0.1) is 0 Å². The fraction of sp³-hybridized carbons (Fsp3) is 0.818. The van der Waals surface area contributed by atoms with Crippen molar-refractivity contribution in [3.05, 3.63) is 0 Å². The third-order valence-electron chi connectivity index (χ3n) is 2.44. The van der Waals surface area contributed by atoms with Gasteiger partial charge in [-0.25, -0.2) is 0 Å². The molecule has 1 aliphatic rings. The first-order valence-corrected chi connectivity index (χ1v) is 7.24. The van der Waals surface area contributed by atoms with Crippen LogP contribution in [0, 0.1) is 11.8 Å². The molecule has 1 saturated heterocycles. The summed E-state index contributed by atoms with van der Waals surface area (Å²) in [4.78, 5) is 0. The van der Waals surface area contributed by atoms with E-state index in [1.165, 1.54) is 11.5 Å². The van der Waals surface area contributed by atoms with Crippen LogP contribution in [0.3, 0.4) is 0 Å². The second-order valence-electron chi connectivity index (χ2n) is 3.54. The first-order valence-electron chi connectivity index (χ1n) is 5.14. The van der Waals surface area contributed by atoms with Gasteiger partial charge >= 0.3 is 0 Å². The molecule has 1 rings (SSSR count). The minimum Gasteiger partial charge on any atom is -0.327 e. The lowest BCUT2D eigenvalue weighted by Gasteiger charge is -2.32. The van der Waals surface area contributed by atoms with Crippen LogP contribution >= 0.6 is 23.5 Å². The molecule has 3 unspecified atom stereocenters. The molecule has 0 aliphatic carbocycles. The summed E-state index contributed by atoms with van der Waals surface area (Å²) in [5.41, 5.74) is 6.18. The molecule has 0 saturated carbocycles. The molecule has 3 heteroatoms. The molecular weight excluding hydrogens is 210 g/mol. The van der Waals surface area contributed by atoms with Crippen molar-refractivity contribution >= 4 is 23.5 Å². The van der Waals surface area contributed by atoms with Gasteiger partial charge in [-0.1, -0.05) is 6.92 Å². The standard InChI is InChI=1S/C11H19NS2/c1-3-4-5-6-10(12)11-9(2)13-7-8-14-11/h9-11H,5-8,12H2,1-2H3. The van der Waals surface area contributed by atoms with Crippen molar-refractivity contribution in [1.29, 1.82) is 0 Å². The molecular formula is C11H19NS2. The minimum atomic E-state index is 0.323. The molecule has 1 aliphatic heterocycles. The summed E-state index contributed by atoms with van der Waals surface area (Å²) >= 11 is 4.10. The van der Waals surface area contributed by atoms with Crippen LogP contribution in [0.15, 0.2) is 0 Å². The predicted molar refractivity (Wildman–Crippen MR) is 68.8 cm³/mol. The largest absolute Gasteiger partial charge is 0.327 e. The Morgan fingerprint density at radius 1 is 1.43 bits per heavy atom. The Hall–Kier alpha value is 0.220. The SMILES string of the molecule is CC#CCCC(N)C1SCCSC1C. The van der Waals surface area contributed by atoms with Crippen molar-refractivity contribution in [2.24, 2.45) is 5.73 Å². The summed E-state index contributed by atoms with van der Waals surface area (Å²) < 4.78 is 0. The molecule has 1 fully saturated rings. The van der Waals surface area contributed by atoms with Crippen LogP contribution in [0.2, 0.25) is 0 Å². The first kappa shape index (κ1) is 12.3. The van der Waals surface area contributed by atoms with Gasteiger partial charge in [0.2, 0.25) is 0 Å². The van der Waals surface area contributed by atoms with E-state index in [9.17, 15) is 0 Å². The molecule has 0 amide bonds. The van der Waals surface area contributed by atoms with Gasteiger partial charge in [-0.3, -0.25) is 0 Å². The predicted octanol–water partition coefficient (Wildman–Crippen LogP) is 2.35. The summed E-state index contributed by atoms with van der Waals surface area (Å²) in [5.74, 6) is 8.54. The highest BCUT2D eigenvalue weighted by Gasteiger charge is 2.27. The molecule has 0 aromatic heterocycles.